The van der Waals surface area contributed by atoms with Gasteiger partial charge in [-0.25, -0.2) is 19.9 Å². The van der Waals surface area contributed by atoms with Crippen molar-refractivity contribution < 1.29 is 14.3 Å². The van der Waals surface area contributed by atoms with Crippen molar-refractivity contribution >= 4 is 68.5 Å². The van der Waals surface area contributed by atoms with Gasteiger partial charge in [0.05, 0.1) is 0 Å². The minimum absolute atomic E-state index is 0.0378. The van der Waals surface area contributed by atoms with E-state index < -0.39 is 5.91 Å². The third kappa shape index (κ3) is 6.83. The summed E-state index contributed by atoms with van der Waals surface area (Å²) in [5.41, 5.74) is 10.2. The smallest absolute Gasteiger partial charge is 0.261 e. The zero-order valence-electron chi connectivity index (χ0n) is 28.3. The van der Waals surface area contributed by atoms with Gasteiger partial charge in [-0.1, -0.05) is 30.0 Å². The van der Waals surface area contributed by atoms with E-state index in [1.54, 1.807) is 12.3 Å². The number of benzene rings is 3. The van der Waals surface area contributed by atoms with Crippen LogP contribution in [0, 0.1) is 11.3 Å². The van der Waals surface area contributed by atoms with E-state index in [1.807, 2.05) is 40.3 Å². The van der Waals surface area contributed by atoms with Crippen LogP contribution in [-0.4, -0.2) is 81.9 Å². The van der Waals surface area contributed by atoms with Crippen molar-refractivity contribution in [1.29, 1.82) is 5.26 Å². The molecule has 0 aliphatic carbocycles. The molecule has 1 amide bonds. The molecular weight excluding hydrogens is 697 g/mol. The highest BCUT2D eigenvalue weighted by Gasteiger charge is 2.23. The first kappa shape index (κ1) is 33.5. The van der Waals surface area contributed by atoms with E-state index in [2.05, 4.69) is 61.4 Å². The molecule has 13 nitrogen and oxygen atoms in total. The molecule has 2 aliphatic heterocycles. The number of carbonyl (C=O) groups excluding carboxylic acids is 1. The largest absolute Gasteiger partial charge is 0.454 e. The summed E-state index contributed by atoms with van der Waals surface area (Å²) in [5.74, 6) is 1.15. The molecule has 262 valence electrons. The second-order valence-electron chi connectivity index (χ2n) is 12.5. The van der Waals surface area contributed by atoms with Crippen molar-refractivity contribution in [2.24, 2.45) is 0 Å². The number of aryl methyl sites for hydroxylation is 1. The van der Waals surface area contributed by atoms with Crippen molar-refractivity contribution in [2.75, 3.05) is 57.2 Å². The lowest BCUT2D eigenvalue weighted by Crippen LogP contribution is -2.44. The zero-order valence-corrected chi connectivity index (χ0v) is 29.9. The Bertz CT molecular complexity index is 2360. The first-order valence-corrected chi connectivity index (χ1v) is 18.5. The van der Waals surface area contributed by atoms with Crippen molar-refractivity contribution in [3.05, 3.63) is 77.6 Å². The maximum atomic E-state index is 13.2. The number of nitrogens with zero attached hydrogens (tertiary/aromatic N) is 8. The average molecular weight is 731 g/mol. The van der Waals surface area contributed by atoms with E-state index in [1.165, 1.54) is 35.1 Å². The lowest BCUT2D eigenvalue weighted by Gasteiger charge is -2.34. The summed E-state index contributed by atoms with van der Waals surface area (Å²) in [6.07, 6.45) is 5.35. The Kier molecular flexibility index (Phi) is 9.33. The third-order valence-corrected chi connectivity index (χ3v) is 11.0. The predicted molar refractivity (Wildman–Crippen MR) is 202 cm³/mol. The predicted octanol–water partition coefficient (Wildman–Crippen LogP) is 5.43. The topological polar surface area (TPSA) is 160 Å². The van der Waals surface area contributed by atoms with Crippen molar-refractivity contribution in [2.45, 2.75) is 23.0 Å². The molecule has 0 spiro atoms. The first-order valence-electron chi connectivity index (χ1n) is 16.8. The molecule has 2 aliphatic rings. The molecule has 1 saturated heterocycles. The van der Waals surface area contributed by atoms with Crippen LogP contribution in [0.2, 0.25) is 0 Å². The summed E-state index contributed by atoms with van der Waals surface area (Å²) in [7, 11) is 2.15. The number of piperazine rings is 1. The van der Waals surface area contributed by atoms with Gasteiger partial charge in [0.25, 0.3) is 5.91 Å². The van der Waals surface area contributed by atoms with E-state index in [0.29, 0.717) is 47.3 Å². The molecule has 0 atom stereocenters. The van der Waals surface area contributed by atoms with Gasteiger partial charge in [-0.15, -0.1) is 11.3 Å². The lowest BCUT2D eigenvalue weighted by molar-refractivity contribution is -0.117. The Hall–Kier alpha value is -5.69. The number of rotatable bonds is 10. The Balaban J connectivity index is 0.961. The molecule has 6 aromatic rings. The number of thiazole rings is 1. The highest BCUT2D eigenvalue weighted by molar-refractivity contribution is 7.99. The number of nitriles is 1. The van der Waals surface area contributed by atoms with Crippen LogP contribution < -0.4 is 25.4 Å². The Morgan fingerprint density at radius 1 is 1.06 bits per heavy atom. The molecule has 5 heterocycles. The molecule has 0 bridgehead atoms. The number of aromatic nitrogens is 5. The molecule has 52 heavy (non-hydrogen) atoms. The molecule has 0 unspecified atom stereocenters. The number of hydrogen-bond acceptors (Lipinski definition) is 13. The van der Waals surface area contributed by atoms with Gasteiger partial charge in [-0.2, -0.15) is 5.26 Å². The van der Waals surface area contributed by atoms with Gasteiger partial charge < -0.3 is 34.9 Å². The van der Waals surface area contributed by atoms with E-state index in [-0.39, 0.29) is 18.2 Å². The molecule has 1 fully saturated rings. The van der Waals surface area contributed by atoms with Crippen LogP contribution in [0.3, 0.4) is 0 Å². The lowest BCUT2D eigenvalue weighted by atomic mass is 10.0. The highest BCUT2D eigenvalue weighted by Crippen LogP contribution is 2.45. The maximum Gasteiger partial charge on any atom is 0.261 e. The van der Waals surface area contributed by atoms with E-state index in [9.17, 15) is 10.1 Å². The second kappa shape index (κ2) is 14.5. The number of carbonyl (C=O) groups is 1. The SMILES string of the molecule is CN1CCN(c2ccc3cc(/C=C(\C#N)C(=O)NCCCn4c(Sc5cc6c(cc5-c5nccs5)OCO6)nc5c(N)ncnc54)ccc3c2)CC1. The standard InChI is InChI=1S/C37H34N10O3S2/c1-45-10-12-46(13-11-45)27-6-5-24-15-23(3-4-25(24)17-27)16-26(20-38)35(48)40-7-2-9-47-34-32(33(39)42-21-43-34)44-37(47)52-31-19-30-29(49-22-50-30)18-28(31)36-41-8-14-51-36/h3-6,8,14-19,21H,2,7,9-13,22H2,1H3,(H,40,48)(H2,39,42,43)/b26-16+. The molecule has 3 aromatic heterocycles. The number of nitrogen functional groups attached to an aromatic ring is 1. The number of nitrogens with two attached hydrogens (primary N) is 1. The van der Waals surface area contributed by atoms with E-state index in [4.69, 9.17) is 20.2 Å². The monoisotopic (exact) mass is 730 g/mol. The quantitative estimate of drug-likeness (QED) is 0.105. The first-order chi connectivity index (χ1) is 25.4. The summed E-state index contributed by atoms with van der Waals surface area (Å²) >= 11 is 2.96. The fourth-order valence-corrected chi connectivity index (χ4v) is 8.08. The van der Waals surface area contributed by atoms with Crippen LogP contribution in [-0.2, 0) is 11.3 Å². The number of likely N-dealkylation sites (N-methyl/N-ethyl adjacent to an activating group) is 1. The van der Waals surface area contributed by atoms with Crippen molar-refractivity contribution in [3.8, 4) is 28.1 Å². The van der Waals surface area contributed by atoms with Crippen LogP contribution in [0.15, 0.2) is 82.1 Å². The van der Waals surface area contributed by atoms with Gasteiger partial charge in [0.1, 0.15) is 23.0 Å². The number of amides is 1. The number of nitrogens with one attached hydrogen (secondary N) is 1. The van der Waals surface area contributed by atoms with E-state index >= 15 is 0 Å². The number of fused-ring (bicyclic) bond motifs is 3. The normalized spacial score (nSPS) is 14.6. The number of anilines is 2. The van der Waals surface area contributed by atoms with Gasteiger partial charge in [0.15, 0.2) is 33.6 Å². The minimum Gasteiger partial charge on any atom is -0.454 e. The molecule has 3 N–H and O–H groups in total. The van der Waals surface area contributed by atoms with Gasteiger partial charge in [0, 0.05) is 67.0 Å². The molecule has 0 saturated carbocycles. The van der Waals surface area contributed by atoms with Gasteiger partial charge in [-0.05, 0) is 66.2 Å². The summed E-state index contributed by atoms with van der Waals surface area (Å²) in [5, 5.41) is 18.4. The Morgan fingerprint density at radius 2 is 1.87 bits per heavy atom. The van der Waals surface area contributed by atoms with Gasteiger partial charge in [0.2, 0.25) is 6.79 Å². The number of hydrogen-bond donors (Lipinski definition) is 2. The van der Waals surface area contributed by atoms with Gasteiger partial charge in [-0.3, -0.25) is 4.79 Å². The minimum atomic E-state index is -0.432. The molecule has 15 heteroatoms. The molecule has 8 rings (SSSR count). The van der Waals surface area contributed by atoms with E-state index in [0.717, 1.165) is 58.0 Å². The van der Waals surface area contributed by atoms with Crippen LogP contribution in [0.25, 0.3) is 38.6 Å². The van der Waals surface area contributed by atoms with Crippen LogP contribution >= 0.6 is 23.1 Å². The number of ether oxygens (including phenoxy) is 2. The Labute approximate surface area is 307 Å². The third-order valence-electron chi connectivity index (χ3n) is 9.10. The summed E-state index contributed by atoms with van der Waals surface area (Å²) < 4.78 is 13.3. The average Bonchev–Trinajstić information content (AvgIpc) is 3.93. The maximum absolute atomic E-state index is 13.2. The fraction of sp³-hybridized carbons (Fsp3) is 0.243. The molecule has 3 aromatic carbocycles. The molecule has 0 radical (unpaired) electrons. The van der Waals surface area contributed by atoms with Crippen molar-refractivity contribution in [1.82, 2.24) is 34.7 Å². The number of imidazole rings is 1. The van der Waals surface area contributed by atoms with Crippen LogP contribution in [0.5, 0.6) is 11.5 Å². The van der Waals surface area contributed by atoms with Crippen molar-refractivity contribution in [3.63, 3.8) is 0 Å². The van der Waals surface area contributed by atoms with Crippen LogP contribution in [0.1, 0.15) is 12.0 Å². The Morgan fingerprint density at radius 3 is 2.67 bits per heavy atom. The summed E-state index contributed by atoms with van der Waals surface area (Å²) in [6.45, 7) is 5.04. The molecular formula is C37H34N10O3S2. The fourth-order valence-electron chi connectivity index (χ4n) is 6.30. The zero-order chi connectivity index (χ0) is 35.6. The second-order valence-corrected chi connectivity index (χ2v) is 14.4. The summed E-state index contributed by atoms with van der Waals surface area (Å²) in [4.78, 5) is 36.7. The summed E-state index contributed by atoms with van der Waals surface area (Å²) in [6, 6.07) is 18.4. The van der Waals surface area contributed by atoms with Gasteiger partial charge >= 0.3 is 0 Å². The van der Waals surface area contributed by atoms with Crippen LogP contribution in [0.4, 0.5) is 11.5 Å². The highest BCUT2D eigenvalue weighted by atomic mass is 32.2.